The number of benzene rings is 28. The van der Waals surface area contributed by atoms with E-state index in [1.54, 1.807) is 0 Å². The molecule has 28 aromatic carbocycles. The molecule has 28 aromatic rings. The van der Waals surface area contributed by atoms with Gasteiger partial charge in [-0.1, -0.05) is 546 Å². The van der Waals surface area contributed by atoms with Crippen molar-refractivity contribution in [3.63, 3.8) is 0 Å². The van der Waals surface area contributed by atoms with Crippen LogP contribution in [-0.2, 0) is 0 Å². The van der Waals surface area contributed by atoms with Gasteiger partial charge < -0.3 is 0 Å². The summed E-state index contributed by atoms with van der Waals surface area (Å²) in [5.74, 6) is 0. The largest absolute Gasteiger partial charge is 0.0622 e. The van der Waals surface area contributed by atoms with E-state index in [1.165, 1.54) is 274 Å². The van der Waals surface area contributed by atoms with Gasteiger partial charge in [0.05, 0.1) is 0 Å². The van der Waals surface area contributed by atoms with Gasteiger partial charge in [-0.3, -0.25) is 0 Å². The van der Waals surface area contributed by atoms with Crippen LogP contribution < -0.4 is 0 Å². The number of hydrogen-bond acceptors (Lipinski definition) is 0. The number of rotatable bonds is 13. The molecule has 0 N–H and O–H groups in total. The number of fused-ring (bicyclic) bond motifs is 12. The summed E-state index contributed by atoms with van der Waals surface area (Å²) in [5.41, 5.74) is 32.5. The van der Waals surface area contributed by atoms with Crippen LogP contribution in [0.4, 0.5) is 0 Å². The van der Waals surface area contributed by atoms with Crippen LogP contribution >= 0.6 is 0 Å². The lowest BCUT2D eigenvalue weighted by Gasteiger charge is -2.21. The highest BCUT2D eigenvalue weighted by Gasteiger charge is 2.26. The predicted molar refractivity (Wildman–Crippen MR) is 620 cm³/mol. The second-order valence-corrected chi connectivity index (χ2v) is 37.7. The Morgan fingerprint density at radius 2 is 0.243 bits per heavy atom. The topological polar surface area (TPSA) is 0 Å². The Labute approximate surface area is 837 Å². The first-order valence-corrected chi connectivity index (χ1v) is 49.9. The fourth-order valence-corrected chi connectivity index (χ4v) is 23.1. The zero-order chi connectivity index (χ0) is 95.3. The van der Waals surface area contributed by atoms with Gasteiger partial charge in [0.2, 0.25) is 0 Å². The van der Waals surface area contributed by atoms with E-state index in [4.69, 9.17) is 0 Å². The maximum Gasteiger partial charge on any atom is -0.00201 e. The van der Waals surface area contributed by atoms with Crippen LogP contribution in [0.5, 0.6) is 0 Å². The lowest BCUT2D eigenvalue weighted by Crippen LogP contribution is -1.93. The summed E-state index contributed by atoms with van der Waals surface area (Å²) in [6, 6.07) is 208. The molecule has 0 aliphatic heterocycles. The molecule has 0 amide bonds. The lowest BCUT2D eigenvalue weighted by atomic mass is 9.82. The van der Waals surface area contributed by atoms with Crippen molar-refractivity contribution in [2.24, 2.45) is 0 Å². The van der Waals surface area contributed by atoms with E-state index in [2.05, 4.69) is 570 Å². The van der Waals surface area contributed by atoms with Crippen LogP contribution in [0, 0.1) is 0 Å². The Balaban J connectivity index is 0.000000112. The minimum Gasteiger partial charge on any atom is -0.0622 e. The lowest BCUT2D eigenvalue weighted by molar-refractivity contribution is 1.60. The Morgan fingerprint density at radius 1 is 0.0694 bits per heavy atom. The molecule has 0 nitrogen and oxygen atoms in total. The first kappa shape index (κ1) is 85.7. The molecule has 0 bridgehead atoms. The predicted octanol–water partition coefficient (Wildman–Crippen LogP) is 40.6. The van der Waals surface area contributed by atoms with E-state index in [0.29, 0.717) is 0 Å². The molecule has 670 valence electrons. The molecular formula is C144H94. The van der Waals surface area contributed by atoms with Crippen molar-refractivity contribution in [3.05, 3.63) is 570 Å². The van der Waals surface area contributed by atoms with Crippen LogP contribution in [0.1, 0.15) is 0 Å². The standard InChI is InChI=1S/C56H36.C50H32.C38H26/c1-3-16-39(17-4-1)53-45-21-9-12-24-48(45)55(40-18-5-2-6-19-40)52-36-43(33-34-51(52)53)38-27-30-41(31-28-38)54-46-22-10-13-25-49(46)56(50-26-14-11-23-47(50)54)44-32-29-37-15-7-8-20-42(37)35-44;1-3-17-34(18-4-1)47-39-23-9-10-24-40(39)48(35-19-5-2-6-20-35)46-32-36(30-31-45(46)47)49-41-25-11-13-27-43(41)50(44-28-14-12-26-42(44)49)38-29-15-21-33-16-7-8-22-37(33)38;1-4-12-27(13-5-1)28-20-22-29(23-21-28)32-24-25-35-36(26-32)38(31-16-8-3-9-17-31)34-19-11-10-18-33(34)37(35)30-14-6-2-7-15-30/h1-36H;1-32H;1-26H. The molecule has 0 radical (unpaired) electrons. The highest BCUT2D eigenvalue weighted by molar-refractivity contribution is 6.29. The summed E-state index contributed by atoms with van der Waals surface area (Å²) in [4.78, 5) is 0. The monoisotopic (exact) mass is 1820 g/mol. The van der Waals surface area contributed by atoms with Gasteiger partial charge >= 0.3 is 0 Å². The van der Waals surface area contributed by atoms with Gasteiger partial charge in [-0.25, -0.2) is 0 Å². The van der Waals surface area contributed by atoms with E-state index in [1.807, 2.05) is 0 Å². The van der Waals surface area contributed by atoms with Gasteiger partial charge in [-0.2, -0.15) is 0 Å². The summed E-state index contributed by atoms with van der Waals surface area (Å²) in [7, 11) is 0. The molecule has 0 fully saturated rings. The maximum absolute atomic E-state index is 2.46. The highest BCUT2D eigenvalue weighted by atomic mass is 14.3. The molecule has 0 aliphatic rings. The van der Waals surface area contributed by atoms with Crippen molar-refractivity contribution >= 4 is 129 Å². The molecule has 0 heterocycles. The third kappa shape index (κ3) is 15.4. The van der Waals surface area contributed by atoms with E-state index in [-0.39, 0.29) is 0 Å². The third-order valence-corrected chi connectivity index (χ3v) is 29.5. The van der Waals surface area contributed by atoms with Crippen LogP contribution in [0.2, 0.25) is 0 Å². The quantitative estimate of drug-likeness (QED) is 0.101. The van der Waals surface area contributed by atoms with Crippen molar-refractivity contribution in [2.75, 3.05) is 0 Å². The van der Waals surface area contributed by atoms with E-state index < -0.39 is 0 Å². The van der Waals surface area contributed by atoms with E-state index >= 15 is 0 Å². The highest BCUT2D eigenvalue weighted by Crippen LogP contribution is 2.54. The zero-order valence-corrected chi connectivity index (χ0v) is 79.3. The Bertz CT molecular complexity index is 9680. The molecule has 0 saturated carbocycles. The molecule has 0 heteroatoms. The average Bonchev–Trinajstić information content (AvgIpc) is 0.683. The SMILES string of the molecule is c1ccc(-c2c3ccccc3c(-c3ccccc3)c3cc(-c4c5ccccc5c(-c5cccc6ccccc56)c5ccccc45)ccc23)cc1.c1ccc(-c2c3ccccc3c(-c3ccccc3)c3cc(-c4ccc(-c5c6ccccc6c(-c6ccc7ccccc7c6)c6ccccc56)cc4)ccc23)cc1.c1ccc(-c2ccc(-c3ccc4c(-c5ccccc5)c5ccccc5c(-c5ccccc5)c4c3)cc2)cc1. The molecular weight excluding hydrogens is 1730 g/mol. The minimum absolute atomic E-state index is 1.20. The molecule has 0 aliphatic carbocycles. The van der Waals surface area contributed by atoms with Crippen LogP contribution in [-0.4, -0.2) is 0 Å². The molecule has 0 spiro atoms. The van der Waals surface area contributed by atoms with Crippen molar-refractivity contribution < 1.29 is 0 Å². The fourth-order valence-electron chi connectivity index (χ4n) is 23.1. The van der Waals surface area contributed by atoms with Gasteiger partial charge in [-0.15, -0.1) is 0 Å². The maximum atomic E-state index is 2.46. The molecule has 0 unspecified atom stereocenters. The number of hydrogen-bond donors (Lipinski definition) is 0. The van der Waals surface area contributed by atoms with Crippen molar-refractivity contribution in [1.29, 1.82) is 0 Å². The van der Waals surface area contributed by atoms with E-state index in [9.17, 15) is 0 Å². The average molecular weight is 1820 g/mol. The van der Waals surface area contributed by atoms with Crippen molar-refractivity contribution in [2.45, 2.75) is 0 Å². The molecule has 0 aromatic heterocycles. The summed E-state index contributed by atoms with van der Waals surface area (Å²) in [6.07, 6.45) is 0. The summed E-state index contributed by atoms with van der Waals surface area (Å²) >= 11 is 0. The van der Waals surface area contributed by atoms with Crippen molar-refractivity contribution in [1.82, 2.24) is 0 Å². The van der Waals surface area contributed by atoms with Crippen LogP contribution in [0.25, 0.3) is 274 Å². The summed E-state index contributed by atoms with van der Waals surface area (Å²) in [6.45, 7) is 0. The van der Waals surface area contributed by atoms with Gasteiger partial charge in [0, 0.05) is 0 Å². The Kier molecular flexibility index (Phi) is 22.1. The smallest absolute Gasteiger partial charge is 0.00201 e. The second-order valence-electron chi connectivity index (χ2n) is 37.7. The third-order valence-electron chi connectivity index (χ3n) is 29.5. The van der Waals surface area contributed by atoms with Gasteiger partial charge in [0.1, 0.15) is 0 Å². The summed E-state index contributed by atoms with van der Waals surface area (Å²) in [5, 5.41) is 30.4. The van der Waals surface area contributed by atoms with Crippen molar-refractivity contribution in [3.8, 4) is 145 Å². The van der Waals surface area contributed by atoms with Gasteiger partial charge in [-0.05, 0) is 298 Å². The fraction of sp³-hybridized carbons (Fsp3) is 0. The minimum atomic E-state index is 1.20. The first-order valence-electron chi connectivity index (χ1n) is 49.9. The van der Waals surface area contributed by atoms with Gasteiger partial charge in [0.15, 0.2) is 0 Å². The zero-order valence-electron chi connectivity index (χ0n) is 79.3. The normalized spacial score (nSPS) is 11.5. The van der Waals surface area contributed by atoms with E-state index in [0.717, 1.165) is 0 Å². The first-order chi connectivity index (χ1) is 71.5. The van der Waals surface area contributed by atoms with Gasteiger partial charge in [0.25, 0.3) is 0 Å². The molecule has 28 rings (SSSR count). The molecule has 0 atom stereocenters. The Morgan fingerprint density at radius 3 is 0.556 bits per heavy atom. The van der Waals surface area contributed by atoms with Crippen LogP contribution in [0.15, 0.2) is 570 Å². The molecule has 144 heavy (non-hydrogen) atoms. The van der Waals surface area contributed by atoms with Crippen LogP contribution in [0.3, 0.4) is 0 Å². The second kappa shape index (κ2) is 37.2. The molecule has 0 saturated heterocycles. The summed E-state index contributed by atoms with van der Waals surface area (Å²) < 4.78 is 0. The Hall–Kier alpha value is -18.7.